The summed E-state index contributed by atoms with van der Waals surface area (Å²) in [5.41, 5.74) is 2.11. The third-order valence-electron chi connectivity index (χ3n) is 4.91. The predicted octanol–water partition coefficient (Wildman–Crippen LogP) is 3.92. The lowest BCUT2D eigenvalue weighted by Crippen LogP contribution is -2.39. The second kappa shape index (κ2) is 7.74. The Labute approximate surface area is 160 Å². The van der Waals surface area contributed by atoms with E-state index in [0.29, 0.717) is 23.9 Å². The third kappa shape index (κ3) is 4.15. The van der Waals surface area contributed by atoms with Gasteiger partial charge in [0.15, 0.2) is 0 Å². The van der Waals surface area contributed by atoms with Gasteiger partial charge in [0.2, 0.25) is 10.0 Å². The van der Waals surface area contributed by atoms with Gasteiger partial charge in [-0.1, -0.05) is 19.9 Å². The first-order valence-corrected chi connectivity index (χ1v) is 11.4. The molecule has 0 aliphatic carbocycles. The summed E-state index contributed by atoms with van der Waals surface area (Å²) < 4.78 is 27.8. The number of piperidine rings is 1. The first-order chi connectivity index (χ1) is 12.3. The number of hydrogen-bond donors (Lipinski definition) is 0. The summed E-state index contributed by atoms with van der Waals surface area (Å²) in [5, 5.41) is 10.7. The standard InChI is InChI=1S/C19H27N3O2S2/c1-13(2)10-18-20-21-19(25-18)16-6-5-9-22(12-16)26(23,24)17-8-7-14(3)15(4)11-17/h7-8,11,13,16H,5-6,9-10,12H2,1-4H3. The molecule has 1 saturated heterocycles. The third-order valence-corrected chi connectivity index (χ3v) is 7.88. The van der Waals surface area contributed by atoms with Gasteiger partial charge in [0, 0.05) is 25.4 Å². The van der Waals surface area contributed by atoms with Gasteiger partial charge in [-0.3, -0.25) is 0 Å². The summed E-state index contributed by atoms with van der Waals surface area (Å²) in [6.45, 7) is 9.34. The molecule has 1 aliphatic heterocycles. The van der Waals surface area contributed by atoms with Crippen molar-refractivity contribution in [3.8, 4) is 0 Å². The summed E-state index contributed by atoms with van der Waals surface area (Å²) in [7, 11) is -3.46. The Morgan fingerprint density at radius 2 is 2.00 bits per heavy atom. The Balaban J connectivity index is 1.79. The van der Waals surface area contributed by atoms with Crippen LogP contribution in [0.15, 0.2) is 23.1 Å². The van der Waals surface area contributed by atoms with E-state index in [-0.39, 0.29) is 5.92 Å². The molecule has 0 N–H and O–H groups in total. The lowest BCUT2D eigenvalue weighted by molar-refractivity contribution is 0.314. The van der Waals surface area contributed by atoms with Crippen LogP contribution in [0.25, 0.3) is 0 Å². The van der Waals surface area contributed by atoms with Gasteiger partial charge in [-0.2, -0.15) is 4.31 Å². The first kappa shape index (κ1) is 19.5. The lowest BCUT2D eigenvalue weighted by Gasteiger charge is -2.30. The highest BCUT2D eigenvalue weighted by Gasteiger charge is 2.32. The molecule has 1 atom stereocenters. The molecule has 0 radical (unpaired) electrons. The minimum absolute atomic E-state index is 0.142. The molecule has 0 spiro atoms. The van der Waals surface area contributed by atoms with Gasteiger partial charge in [0.25, 0.3) is 0 Å². The van der Waals surface area contributed by atoms with Crippen molar-refractivity contribution in [1.29, 1.82) is 0 Å². The monoisotopic (exact) mass is 393 g/mol. The van der Waals surface area contributed by atoms with Crippen LogP contribution in [0.5, 0.6) is 0 Å². The highest BCUT2D eigenvalue weighted by molar-refractivity contribution is 7.89. The highest BCUT2D eigenvalue weighted by atomic mass is 32.2. The molecule has 1 aromatic carbocycles. The van der Waals surface area contributed by atoms with Crippen molar-refractivity contribution in [3.05, 3.63) is 39.3 Å². The molecule has 5 nitrogen and oxygen atoms in total. The van der Waals surface area contributed by atoms with Crippen molar-refractivity contribution in [2.24, 2.45) is 5.92 Å². The topological polar surface area (TPSA) is 63.2 Å². The largest absolute Gasteiger partial charge is 0.243 e. The molecule has 0 amide bonds. The van der Waals surface area contributed by atoms with Crippen LogP contribution in [0.4, 0.5) is 0 Å². The van der Waals surface area contributed by atoms with E-state index in [1.165, 1.54) is 0 Å². The van der Waals surface area contributed by atoms with Gasteiger partial charge in [-0.15, -0.1) is 21.5 Å². The van der Waals surface area contributed by atoms with Crippen molar-refractivity contribution >= 4 is 21.4 Å². The maximum Gasteiger partial charge on any atom is 0.243 e. The van der Waals surface area contributed by atoms with E-state index in [9.17, 15) is 8.42 Å². The molecule has 2 aromatic rings. The Bertz CT molecular complexity index is 875. The molecule has 26 heavy (non-hydrogen) atoms. The molecule has 142 valence electrons. The second-order valence-corrected chi connectivity index (χ2v) is 10.6. The van der Waals surface area contributed by atoms with Crippen LogP contribution in [-0.4, -0.2) is 36.0 Å². The maximum absolute atomic E-state index is 13.1. The molecule has 1 unspecified atom stereocenters. The fraction of sp³-hybridized carbons (Fsp3) is 0.579. The number of aryl methyl sites for hydroxylation is 2. The number of rotatable bonds is 5. The van der Waals surface area contributed by atoms with E-state index < -0.39 is 10.0 Å². The fourth-order valence-corrected chi connectivity index (χ4v) is 6.04. The van der Waals surface area contributed by atoms with Crippen LogP contribution in [0.2, 0.25) is 0 Å². The van der Waals surface area contributed by atoms with Crippen LogP contribution in [0.1, 0.15) is 53.7 Å². The molecule has 0 bridgehead atoms. The normalized spacial score (nSPS) is 19.2. The summed E-state index contributed by atoms with van der Waals surface area (Å²) in [4.78, 5) is 0.388. The van der Waals surface area contributed by atoms with Crippen molar-refractivity contribution in [2.45, 2.75) is 57.8 Å². The average molecular weight is 394 g/mol. The molecular weight excluding hydrogens is 366 g/mol. The number of sulfonamides is 1. The predicted molar refractivity (Wildman–Crippen MR) is 105 cm³/mol. The van der Waals surface area contributed by atoms with Crippen molar-refractivity contribution in [3.63, 3.8) is 0 Å². The zero-order valence-corrected chi connectivity index (χ0v) is 17.5. The van der Waals surface area contributed by atoms with Crippen LogP contribution in [0, 0.1) is 19.8 Å². The molecule has 1 aromatic heterocycles. The first-order valence-electron chi connectivity index (χ1n) is 9.17. The second-order valence-electron chi connectivity index (χ2n) is 7.58. The molecule has 1 fully saturated rings. The minimum Gasteiger partial charge on any atom is -0.207 e. The zero-order valence-electron chi connectivity index (χ0n) is 15.9. The van der Waals surface area contributed by atoms with E-state index in [2.05, 4.69) is 24.0 Å². The van der Waals surface area contributed by atoms with Gasteiger partial charge in [-0.05, 0) is 55.9 Å². The maximum atomic E-state index is 13.1. The Morgan fingerprint density at radius 1 is 1.23 bits per heavy atom. The van der Waals surface area contributed by atoms with Gasteiger partial charge >= 0.3 is 0 Å². The summed E-state index contributed by atoms with van der Waals surface area (Å²) in [5.74, 6) is 0.687. The fourth-order valence-electron chi connectivity index (χ4n) is 3.25. The Hall–Kier alpha value is -1.31. The minimum atomic E-state index is -3.46. The van der Waals surface area contributed by atoms with E-state index in [0.717, 1.165) is 40.4 Å². The lowest BCUT2D eigenvalue weighted by atomic mass is 10.0. The van der Waals surface area contributed by atoms with Gasteiger partial charge in [0.05, 0.1) is 4.90 Å². The Kier molecular flexibility index (Phi) is 5.79. The molecule has 7 heteroatoms. The Morgan fingerprint density at radius 3 is 2.69 bits per heavy atom. The van der Waals surface area contributed by atoms with Crippen molar-refractivity contribution in [2.75, 3.05) is 13.1 Å². The van der Waals surface area contributed by atoms with E-state index >= 15 is 0 Å². The van der Waals surface area contributed by atoms with Crippen LogP contribution in [-0.2, 0) is 16.4 Å². The SMILES string of the molecule is Cc1ccc(S(=O)(=O)N2CCCC(c3nnc(CC(C)C)s3)C2)cc1C. The quantitative estimate of drug-likeness (QED) is 0.772. The molecular formula is C19H27N3O2S2. The average Bonchev–Trinajstić information content (AvgIpc) is 3.05. The van der Waals surface area contributed by atoms with Gasteiger partial charge < -0.3 is 0 Å². The van der Waals surface area contributed by atoms with Crippen molar-refractivity contribution in [1.82, 2.24) is 14.5 Å². The summed E-state index contributed by atoms with van der Waals surface area (Å²) in [6, 6.07) is 5.37. The number of aromatic nitrogens is 2. The molecule has 3 rings (SSSR count). The van der Waals surface area contributed by atoms with Crippen LogP contribution < -0.4 is 0 Å². The summed E-state index contributed by atoms with van der Waals surface area (Å²) in [6.07, 6.45) is 2.75. The molecule has 0 saturated carbocycles. The van der Waals surface area contributed by atoms with E-state index in [1.54, 1.807) is 27.8 Å². The molecule has 1 aliphatic rings. The number of benzene rings is 1. The smallest absolute Gasteiger partial charge is 0.207 e. The van der Waals surface area contributed by atoms with Crippen LogP contribution >= 0.6 is 11.3 Å². The van der Waals surface area contributed by atoms with E-state index in [1.807, 2.05) is 19.9 Å². The number of hydrogen-bond acceptors (Lipinski definition) is 5. The van der Waals surface area contributed by atoms with Gasteiger partial charge in [-0.25, -0.2) is 8.42 Å². The number of nitrogens with zero attached hydrogens (tertiary/aromatic N) is 3. The van der Waals surface area contributed by atoms with Crippen LogP contribution in [0.3, 0.4) is 0 Å². The highest BCUT2D eigenvalue weighted by Crippen LogP contribution is 2.32. The zero-order chi connectivity index (χ0) is 18.9. The van der Waals surface area contributed by atoms with E-state index in [4.69, 9.17) is 0 Å². The molecule has 2 heterocycles. The van der Waals surface area contributed by atoms with Gasteiger partial charge in [0.1, 0.15) is 10.0 Å². The summed E-state index contributed by atoms with van der Waals surface area (Å²) >= 11 is 1.64. The van der Waals surface area contributed by atoms with Crippen molar-refractivity contribution < 1.29 is 8.42 Å².